The average Bonchev–Trinajstić information content (AvgIpc) is 2.43. The van der Waals surface area contributed by atoms with Gasteiger partial charge in [0, 0.05) is 12.1 Å². The van der Waals surface area contributed by atoms with Gasteiger partial charge < -0.3 is 15.4 Å². The average molecular weight is 427 g/mol. The van der Waals surface area contributed by atoms with Crippen LogP contribution in [0.4, 0.5) is 8.78 Å². The Labute approximate surface area is 147 Å². The van der Waals surface area contributed by atoms with E-state index in [1.807, 2.05) is 39.0 Å². The third kappa shape index (κ3) is 7.77. The molecular weight excluding hydrogens is 403 g/mol. The van der Waals surface area contributed by atoms with Crippen LogP contribution in [0.1, 0.15) is 25.0 Å². The molecule has 0 saturated carbocycles. The van der Waals surface area contributed by atoms with Crippen LogP contribution in [0.3, 0.4) is 0 Å². The van der Waals surface area contributed by atoms with Crippen molar-refractivity contribution in [2.24, 2.45) is 4.99 Å². The molecule has 22 heavy (non-hydrogen) atoms. The molecule has 0 aliphatic carbocycles. The summed E-state index contributed by atoms with van der Waals surface area (Å²) in [5, 5.41) is 5.54. The summed E-state index contributed by atoms with van der Waals surface area (Å²) in [6, 6.07) is 5.88. The molecule has 1 aromatic carbocycles. The quantitative estimate of drug-likeness (QED) is 0.399. The Morgan fingerprint density at radius 3 is 2.59 bits per heavy atom. The lowest BCUT2D eigenvalue weighted by Crippen LogP contribution is -2.39. The molecule has 7 heteroatoms. The summed E-state index contributed by atoms with van der Waals surface area (Å²) in [6.07, 6.45) is -2.41. The Kier molecular flexibility index (Phi) is 10.9. The number of aliphatic imine (C=N–C) groups is 1. The van der Waals surface area contributed by atoms with Gasteiger partial charge in [0.05, 0.1) is 19.7 Å². The first-order valence-electron chi connectivity index (χ1n) is 7.09. The number of guanidine groups is 1. The number of rotatable bonds is 7. The van der Waals surface area contributed by atoms with Crippen molar-refractivity contribution in [2.45, 2.75) is 33.7 Å². The lowest BCUT2D eigenvalue weighted by atomic mass is 10.1. The zero-order valence-corrected chi connectivity index (χ0v) is 15.5. The molecule has 2 N–H and O–H groups in total. The van der Waals surface area contributed by atoms with Crippen LogP contribution in [0, 0.1) is 6.92 Å². The monoisotopic (exact) mass is 427 g/mol. The van der Waals surface area contributed by atoms with Crippen LogP contribution in [-0.2, 0) is 6.54 Å². The Hall–Kier alpha value is -1.12. The second-order valence-corrected chi connectivity index (χ2v) is 4.51. The summed E-state index contributed by atoms with van der Waals surface area (Å²) in [5.74, 6) is 1.16. The van der Waals surface area contributed by atoms with Gasteiger partial charge in [0.25, 0.3) is 6.43 Å². The Morgan fingerprint density at radius 1 is 1.27 bits per heavy atom. The number of ether oxygens (including phenoxy) is 1. The minimum absolute atomic E-state index is 0. The Balaban J connectivity index is 0.00000441. The maximum atomic E-state index is 12.2. The number of halogens is 3. The van der Waals surface area contributed by atoms with Gasteiger partial charge in [0.2, 0.25) is 0 Å². The number of hydrogen-bond acceptors (Lipinski definition) is 2. The predicted molar refractivity (Wildman–Crippen MR) is 96.6 cm³/mol. The molecule has 0 aliphatic heterocycles. The van der Waals surface area contributed by atoms with E-state index in [1.54, 1.807) is 0 Å². The molecule has 4 nitrogen and oxygen atoms in total. The second-order valence-electron chi connectivity index (χ2n) is 4.51. The zero-order valence-electron chi connectivity index (χ0n) is 13.2. The molecular formula is C15H24F2IN3O. The van der Waals surface area contributed by atoms with E-state index in [4.69, 9.17) is 4.74 Å². The first kappa shape index (κ1) is 20.9. The molecule has 0 heterocycles. The highest BCUT2D eigenvalue weighted by atomic mass is 127. The molecule has 126 valence electrons. The molecule has 0 radical (unpaired) electrons. The van der Waals surface area contributed by atoms with Gasteiger partial charge in [0.1, 0.15) is 5.75 Å². The van der Waals surface area contributed by atoms with Gasteiger partial charge in [0.15, 0.2) is 5.96 Å². The van der Waals surface area contributed by atoms with Crippen LogP contribution in [0.25, 0.3) is 0 Å². The van der Waals surface area contributed by atoms with E-state index in [2.05, 4.69) is 15.6 Å². The standard InChI is InChI=1S/C15H23F2N3O.HI/c1-4-18-15(20-10-14(16)17)19-9-12-7-6-11(3)8-13(12)21-5-2;/h6-8,14H,4-5,9-10H2,1-3H3,(H2,18,19,20);1H. The maximum Gasteiger partial charge on any atom is 0.255 e. The molecule has 0 amide bonds. The molecule has 0 spiro atoms. The van der Waals surface area contributed by atoms with Gasteiger partial charge in [-0.15, -0.1) is 24.0 Å². The molecule has 0 fully saturated rings. The van der Waals surface area contributed by atoms with Gasteiger partial charge in [-0.25, -0.2) is 13.8 Å². The Bertz CT molecular complexity index is 470. The fourth-order valence-corrected chi connectivity index (χ4v) is 1.76. The highest BCUT2D eigenvalue weighted by Gasteiger charge is 2.06. The summed E-state index contributed by atoms with van der Waals surface area (Å²) in [4.78, 5) is 4.31. The van der Waals surface area contributed by atoms with E-state index in [0.29, 0.717) is 25.7 Å². The first-order valence-corrected chi connectivity index (χ1v) is 7.09. The topological polar surface area (TPSA) is 45.7 Å². The smallest absolute Gasteiger partial charge is 0.255 e. The van der Waals surface area contributed by atoms with Gasteiger partial charge in [-0.2, -0.15) is 0 Å². The van der Waals surface area contributed by atoms with Crippen molar-refractivity contribution in [1.29, 1.82) is 0 Å². The lowest BCUT2D eigenvalue weighted by Gasteiger charge is -2.12. The number of nitrogens with one attached hydrogen (secondary N) is 2. The SMILES string of the molecule is CCNC(=NCc1ccc(C)cc1OCC)NCC(F)F.I. The molecule has 0 aromatic heterocycles. The zero-order chi connectivity index (χ0) is 15.7. The van der Waals surface area contributed by atoms with Gasteiger partial charge in [-0.1, -0.05) is 12.1 Å². The molecule has 1 aromatic rings. The minimum atomic E-state index is -2.41. The van der Waals surface area contributed by atoms with Gasteiger partial charge in [-0.05, 0) is 32.4 Å². The lowest BCUT2D eigenvalue weighted by molar-refractivity contribution is 0.152. The van der Waals surface area contributed by atoms with Crippen molar-refractivity contribution < 1.29 is 13.5 Å². The van der Waals surface area contributed by atoms with Crippen molar-refractivity contribution in [3.05, 3.63) is 29.3 Å². The predicted octanol–water partition coefficient (Wildman–Crippen LogP) is 3.33. The maximum absolute atomic E-state index is 12.2. The van der Waals surface area contributed by atoms with E-state index in [1.165, 1.54) is 0 Å². The molecule has 0 unspecified atom stereocenters. The molecule has 1 rings (SSSR count). The van der Waals surface area contributed by atoms with Crippen molar-refractivity contribution in [1.82, 2.24) is 10.6 Å². The summed E-state index contributed by atoms with van der Waals surface area (Å²) in [6.45, 7) is 6.93. The fraction of sp³-hybridized carbons (Fsp3) is 0.533. The fourth-order valence-electron chi connectivity index (χ4n) is 1.76. The van der Waals surface area contributed by atoms with E-state index < -0.39 is 13.0 Å². The summed E-state index contributed by atoms with van der Waals surface area (Å²) in [5.41, 5.74) is 2.03. The van der Waals surface area contributed by atoms with Gasteiger partial charge in [-0.3, -0.25) is 0 Å². The largest absolute Gasteiger partial charge is 0.494 e. The minimum Gasteiger partial charge on any atom is -0.494 e. The van der Waals surface area contributed by atoms with E-state index in [0.717, 1.165) is 16.9 Å². The molecule has 0 bridgehead atoms. The highest BCUT2D eigenvalue weighted by molar-refractivity contribution is 14.0. The van der Waals surface area contributed by atoms with Crippen molar-refractivity contribution in [3.63, 3.8) is 0 Å². The normalized spacial score (nSPS) is 11.1. The van der Waals surface area contributed by atoms with Gasteiger partial charge >= 0.3 is 0 Å². The summed E-state index contributed by atoms with van der Waals surface area (Å²) < 4.78 is 30.1. The Morgan fingerprint density at radius 2 is 2.00 bits per heavy atom. The molecule has 0 saturated heterocycles. The van der Waals surface area contributed by atoms with Crippen LogP contribution in [-0.4, -0.2) is 32.1 Å². The van der Waals surface area contributed by atoms with Crippen molar-refractivity contribution in [2.75, 3.05) is 19.7 Å². The number of aryl methyl sites for hydroxylation is 1. The van der Waals surface area contributed by atoms with E-state index in [9.17, 15) is 8.78 Å². The van der Waals surface area contributed by atoms with E-state index >= 15 is 0 Å². The third-order valence-electron chi connectivity index (χ3n) is 2.70. The summed E-state index contributed by atoms with van der Waals surface area (Å²) in [7, 11) is 0. The van der Waals surface area contributed by atoms with E-state index in [-0.39, 0.29) is 24.0 Å². The molecule has 0 aliphatic rings. The number of benzene rings is 1. The summed E-state index contributed by atoms with van der Waals surface area (Å²) >= 11 is 0. The van der Waals surface area contributed by atoms with Crippen molar-refractivity contribution in [3.8, 4) is 5.75 Å². The number of nitrogens with zero attached hydrogens (tertiary/aromatic N) is 1. The first-order chi connectivity index (χ1) is 10.1. The highest BCUT2D eigenvalue weighted by Crippen LogP contribution is 2.21. The van der Waals surface area contributed by atoms with Crippen LogP contribution in [0.5, 0.6) is 5.75 Å². The number of hydrogen-bond donors (Lipinski definition) is 2. The van der Waals surface area contributed by atoms with Crippen LogP contribution < -0.4 is 15.4 Å². The molecule has 0 atom stereocenters. The van der Waals surface area contributed by atoms with Crippen LogP contribution in [0.2, 0.25) is 0 Å². The van der Waals surface area contributed by atoms with Crippen LogP contribution >= 0.6 is 24.0 Å². The second kappa shape index (κ2) is 11.4. The van der Waals surface area contributed by atoms with Crippen molar-refractivity contribution >= 4 is 29.9 Å². The number of alkyl halides is 2. The third-order valence-corrected chi connectivity index (χ3v) is 2.70. The van der Waals surface area contributed by atoms with Crippen LogP contribution in [0.15, 0.2) is 23.2 Å².